The van der Waals surface area contributed by atoms with Crippen LogP contribution in [0, 0.1) is 0 Å². The lowest BCUT2D eigenvalue weighted by Crippen LogP contribution is -2.26. The van der Waals surface area contributed by atoms with E-state index >= 15 is 0 Å². The molecule has 0 spiro atoms. The summed E-state index contributed by atoms with van der Waals surface area (Å²) < 4.78 is 57.8. The number of nitrogens with one attached hydrogen (secondary N) is 1. The van der Waals surface area contributed by atoms with Gasteiger partial charge in [0.15, 0.2) is 0 Å². The van der Waals surface area contributed by atoms with Gasteiger partial charge in [0.05, 0.1) is 35.4 Å². The predicted octanol–water partition coefficient (Wildman–Crippen LogP) is 4.64. The number of aromatic nitrogens is 4. The molecule has 1 aromatic carbocycles. The third-order valence-corrected chi connectivity index (χ3v) is 6.64. The summed E-state index contributed by atoms with van der Waals surface area (Å²) in [5, 5.41) is 10.6. The first-order valence-corrected chi connectivity index (χ1v) is 12.7. The Morgan fingerprint density at radius 2 is 1.93 bits per heavy atom. The van der Waals surface area contributed by atoms with Gasteiger partial charge < -0.3 is 25.1 Å². The first-order chi connectivity index (χ1) is 19.3. The molecular weight excluding hydrogens is 525 g/mol. The van der Waals surface area contributed by atoms with Gasteiger partial charge >= 0.3 is 6.18 Å². The number of alkyl halides is 3. The number of carbonyl (C=O) groups excluding carboxylic acids is 1. The Labute approximate surface area is 228 Å². The number of pyridine rings is 1. The number of nitrogens with zero attached hydrogens (tertiary/aromatic N) is 4. The highest BCUT2D eigenvalue weighted by Crippen LogP contribution is 2.47. The number of hydrogen-bond acceptors (Lipinski definition) is 7. The summed E-state index contributed by atoms with van der Waals surface area (Å²) in [6.07, 6.45) is 2.92. The number of amides is 1. The lowest BCUT2D eigenvalue weighted by molar-refractivity contribution is -0.139. The Morgan fingerprint density at radius 1 is 1.12 bits per heavy atom. The van der Waals surface area contributed by atoms with Crippen LogP contribution in [0.25, 0.3) is 28.1 Å². The molecule has 0 bridgehead atoms. The summed E-state index contributed by atoms with van der Waals surface area (Å²) in [4.78, 5) is 16.3. The fourth-order valence-corrected chi connectivity index (χ4v) is 4.48. The van der Waals surface area contributed by atoms with Gasteiger partial charge in [0.25, 0.3) is 0 Å². The molecule has 0 saturated heterocycles. The minimum Gasteiger partial charge on any atom is -0.490 e. The van der Waals surface area contributed by atoms with Crippen molar-refractivity contribution in [3.8, 4) is 39.7 Å². The molecule has 208 valence electrons. The smallest absolute Gasteiger partial charge is 0.420 e. The second-order valence-corrected chi connectivity index (χ2v) is 9.32. The van der Waals surface area contributed by atoms with Gasteiger partial charge in [0.2, 0.25) is 11.8 Å². The van der Waals surface area contributed by atoms with Crippen molar-refractivity contribution in [3.63, 3.8) is 0 Å². The monoisotopic (exact) mass is 552 g/mol. The summed E-state index contributed by atoms with van der Waals surface area (Å²) in [6, 6.07) is 8.96. The van der Waals surface area contributed by atoms with E-state index in [1.165, 1.54) is 53.6 Å². The molecule has 3 N–H and O–H groups in total. The lowest BCUT2D eigenvalue weighted by Gasteiger charge is -2.29. The van der Waals surface area contributed by atoms with Crippen LogP contribution in [0.4, 0.5) is 13.2 Å². The van der Waals surface area contributed by atoms with Crippen molar-refractivity contribution in [1.82, 2.24) is 25.1 Å². The standard InChI is InChI=1S/C28H27F3N6O3/c1-33-11-12-39-24-14-17(7-9-34-24)25-21(5-6-23(26(25)28(29,30)31)40-20-3-2-4-20)37-16-19(27(32)38)13-22(37)18-8-10-35-36-15-18/h5-10,13-16,20,33H,2-4,11-12H2,1H3,(H2,32,38). The van der Waals surface area contributed by atoms with Gasteiger partial charge in [-0.3, -0.25) is 4.79 Å². The second kappa shape index (κ2) is 11.3. The molecule has 1 amide bonds. The third-order valence-electron chi connectivity index (χ3n) is 6.64. The zero-order valence-electron chi connectivity index (χ0n) is 21.6. The summed E-state index contributed by atoms with van der Waals surface area (Å²) in [5.41, 5.74) is 5.90. The third kappa shape index (κ3) is 5.62. The zero-order chi connectivity index (χ0) is 28.3. The Kier molecular flexibility index (Phi) is 7.69. The molecule has 1 aliphatic carbocycles. The SMILES string of the molecule is CNCCOc1cc(-c2c(-n3cc(C(N)=O)cc3-c3ccnnc3)ccc(OC3CCC3)c2C(F)(F)F)ccn1. The summed E-state index contributed by atoms with van der Waals surface area (Å²) >= 11 is 0. The van der Waals surface area contributed by atoms with Crippen molar-refractivity contribution in [2.24, 2.45) is 5.73 Å². The number of carbonyl (C=O) groups is 1. The number of likely N-dealkylation sites (N-methyl/N-ethyl adjacent to an activating group) is 1. The molecule has 0 aliphatic heterocycles. The van der Waals surface area contributed by atoms with Crippen LogP contribution in [0.1, 0.15) is 35.2 Å². The minimum atomic E-state index is -4.78. The molecule has 3 heterocycles. The lowest BCUT2D eigenvalue weighted by atomic mass is 9.94. The van der Waals surface area contributed by atoms with Crippen LogP contribution in [0.15, 0.2) is 61.2 Å². The van der Waals surface area contributed by atoms with E-state index in [0.717, 1.165) is 6.42 Å². The van der Waals surface area contributed by atoms with Crippen LogP contribution < -0.4 is 20.5 Å². The molecule has 9 nitrogen and oxygen atoms in total. The predicted molar refractivity (Wildman–Crippen MR) is 141 cm³/mol. The van der Waals surface area contributed by atoms with Crippen LogP contribution in [-0.4, -0.2) is 52.0 Å². The molecule has 0 unspecified atom stereocenters. The van der Waals surface area contributed by atoms with Gasteiger partial charge in [0, 0.05) is 36.1 Å². The molecule has 3 aromatic heterocycles. The van der Waals surface area contributed by atoms with E-state index in [9.17, 15) is 18.0 Å². The molecule has 4 aromatic rings. The molecule has 0 atom stereocenters. The number of rotatable bonds is 10. The van der Waals surface area contributed by atoms with Crippen molar-refractivity contribution >= 4 is 5.91 Å². The van der Waals surface area contributed by atoms with Gasteiger partial charge in [-0.1, -0.05) is 0 Å². The summed E-state index contributed by atoms with van der Waals surface area (Å²) in [5.74, 6) is -0.825. The molecular formula is C28H27F3N6O3. The van der Waals surface area contributed by atoms with E-state index in [1.54, 1.807) is 19.2 Å². The van der Waals surface area contributed by atoms with Crippen LogP contribution in [0.2, 0.25) is 0 Å². The van der Waals surface area contributed by atoms with E-state index in [1.807, 2.05) is 0 Å². The maximum atomic E-state index is 14.9. The van der Waals surface area contributed by atoms with Crippen molar-refractivity contribution in [2.75, 3.05) is 20.2 Å². The van der Waals surface area contributed by atoms with Gasteiger partial charge in [-0.2, -0.15) is 23.4 Å². The number of ether oxygens (including phenoxy) is 2. The summed E-state index contributed by atoms with van der Waals surface area (Å²) in [6.45, 7) is 0.799. The number of benzene rings is 1. The van der Waals surface area contributed by atoms with Gasteiger partial charge in [-0.25, -0.2) is 4.98 Å². The number of halogens is 3. The Hall–Kier alpha value is -4.45. The second-order valence-electron chi connectivity index (χ2n) is 9.32. The highest BCUT2D eigenvalue weighted by Gasteiger charge is 2.40. The van der Waals surface area contributed by atoms with E-state index < -0.39 is 17.6 Å². The molecule has 0 radical (unpaired) electrons. The maximum Gasteiger partial charge on any atom is 0.420 e. The van der Waals surface area contributed by atoms with Crippen molar-refractivity contribution in [2.45, 2.75) is 31.5 Å². The first kappa shape index (κ1) is 27.1. The molecule has 40 heavy (non-hydrogen) atoms. The quantitative estimate of drug-likeness (QED) is 0.275. The maximum absolute atomic E-state index is 14.9. The van der Waals surface area contributed by atoms with Crippen LogP contribution in [-0.2, 0) is 6.18 Å². The van der Waals surface area contributed by atoms with Crippen LogP contribution in [0.5, 0.6) is 11.6 Å². The number of primary amides is 1. The zero-order valence-corrected chi connectivity index (χ0v) is 21.6. The summed E-state index contributed by atoms with van der Waals surface area (Å²) in [7, 11) is 1.76. The minimum absolute atomic E-state index is 0.118. The number of hydrogen-bond donors (Lipinski definition) is 2. The van der Waals surface area contributed by atoms with Crippen LogP contribution in [0.3, 0.4) is 0 Å². The highest BCUT2D eigenvalue weighted by atomic mass is 19.4. The molecule has 5 rings (SSSR count). The van der Waals surface area contributed by atoms with E-state index in [0.29, 0.717) is 30.6 Å². The Morgan fingerprint density at radius 3 is 2.58 bits per heavy atom. The van der Waals surface area contributed by atoms with Crippen molar-refractivity contribution in [3.05, 3.63) is 72.3 Å². The Bertz CT molecular complexity index is 1500. The average molecular weight is 553 g/mol. The van der Waals surface area contributed by atoms with Crippen molar-refractivity contribution in [1.29, 1.82) is 0 Å². The number of nitrogens with two attached hydrogens (primary N) is 1. The normalized spacial score (nSPS) is 13.6. The average Bonchev–Trinajstić information content (AvgIpc) is 3.36. The van der Waals surface area contributed by atoms with Gasteiger partial charge in [-0.05, 0) is 62.2 Å². The topological polar surface area (TPSA) is 117 Å². The van der Waals surface area contributed by atoms with Crippen molar-refractivity contribution < 1.29 is 27.4 Å². The Balaban J connectivity index is 1.77. The van der Waals surface area contributed by atoms with E-state index in [2.05, 4.69) is 20.5 Å². The largest absolute Gasteiger partial charge is 0.490 e. The van der Waals surface area contributed by atoms with E-state index in [-0.39, 0.29) is 46.7 Å². The molecule has 1 aliphatic rings. The fraction of sp³-hybridized carbons (Fsp3) is 0.286. The first-order valence-electron chi connectivity index (χ1n) is 12.7. The van der Waals surface area contributed by atoms with Gasteiger partial charge in [0.1, 0.15) is 17.9 Å². The van der Waals surface area contributed by atoms with Gasteiger partial charge in [-0.15, -0.1) is 0 Å². The molecule has 1 fully saturated rings. The molecule has 12 heteroatoms. The molecule has 1 saturated carbocycles. The van der Waals surface area contributed by atoms with Crippen LogP contribution >= 0.6 is 0 Å². The van der Waals surface area contributed by atoms with E-state index in [4.69, 9.17) is 15.2 Å². The fourth-order valence-electron chi connectivity index (χ4n) is 4.48. The highest BCUT2D eigenvalue weighted by molar-refractivity contribution is 5.95.